The predicted octanol–water partition coefficient (Wildman–Crippen LogP) is 4.31. The largest absolute Gasteiger partial charge is 0.496 e. The molecule has 1 aliphatic rings. The highest BCUT2D eigenvalue weighted by Gasteiger charge is 2.36. The molecule has 3 heteroatoms. The summed E-state index contributed by atoms with van der Waals surface area (Å²) in [5.41, 5.74) is 4.30. The summed E-state index contributed by atoms with van der Waals surface area (Å²) < 4.78 is 5.65. The molecule has 3 nitrogen and oxygen atoms in total. The smallest absolute Gasteiger partial charge is 0.125 e. The summed E-state index contributed by atoms with van der Waals surface area (Å²) in [6, 6.07) is 4.61. The fraction of sp³-hybridized carbons (Fsp3) is 0.684. The van der Waals surface area contributed by atoms with Gasteiger partial charge in [0.1, 0.15) is 5.75 Å². The Hall–Kier alpha value is -1.22. The summed E-state index contributed by atoms with van der Waals surface area (Å²) in [6.45, 7) is 11.3. The molecule has 1 aromatic rings. The summed E-state index contributed by atoms with van der Waals surface area (Å²) in [4.78, 5) is 2.59. The second-order valence-electron chi connectivity index (χ2n) is 7.18. The minimum Gasteiger partial charge on any atom is -0.496 e. The van der Waals surface area contributed by atoms with E-state index in [4.69, 9.17) is 4.74 Å². The highest BCUT2D eigenvalue weighted by molar-refractivity contribution is 5.64. The molecule has 0 radical (unpaired) electrons. The minimum atomic E-state index is 0.205. The van der Waals surface area contributed by atoms with E-state index in [2.05, 4.69) is 50.0 Å². The van der Waals surface area contributed by atoms with E-state index in [0.717, 1.165) is 18.8 Å². The van der Waals surface area contributed by atoms with E-state index in [1.165, 1.54) is 36.1 Å². The number of ether oxygens (including phenoxy) is 1. The van der Waals surface area contributed by atoms with Gasteiger partial charge in [-0.15, -0.1) is 0 Å². The van der Waals surface area contributed by atoms with Crippen LogP contribution in [0.25, 0.3) is 0 Å². The quantitative estimate of drug-likeness (QED) is 0.847. The Kier molecular flexibility index (Phi) is 5.38. The summed E-state index contributed by atoms with van der Waals surface area (Å²) in [6.07, 6.45) is 3.67. The Morgan fingerprint density at radius 2 is 2.09 bits per heavy atom. The number of benzene rings is 1. The van der Waals surface area contributed by atoms with Crippen molar-refractivity contribution in [2.24, 2.45) is 0 Å². The third kappa shape index (κ3) is 3.24. The number of anilines is 1. The molecule has 1 aromatic carbocycles. The molecule has 2 rings (SSSR count). The van der Waals surface area contributed by atoms with Gasteiger partial charge >= 0.3 is 0 Å². The van der Waals surface area contributed by atoms with Crippen LogP contribution in [-0.2, 0) is 6.54 Å². The van der Waals surface area contributed by atoms with Crippen molar-refractivity contribution in [1.29, 1.82) is 0 Å². The molecule has 0 spiro atoms. The standard InChI is InChI=1S/C19H32N2O/c1-7-8-9-21-17-11-18(22-6)15(13-20-5)10-16(17)14(2)12-19(21,3)4/h10-11,14,20H,7-9,12-13H2,1-6H3/t14-/m0/s1. The van der Waals surface area contributed by atoms with Crippen molar-refractivity contribution in [3.63, 3.8) is 0 Å². The number of nitrogens with zero attached hydrogens (tertiary/aromatic N) is 1. The first kappa shape index (κ1) is 17.1. The zero-order valence-corrected chi connectivity index (χ0v) is 15.1. The SMILES string of the molecule is CCCCN1c2cc(OC)c(CNC)cc2[C@@H](C)CC1(C)C. The molecule has 124 valence electrons. The molecule has 0 saturated heterocycles. The van der Waals surface area contributed by atoms with Crippen molar-refractivity contribution in [3.8, 4) is 5.75 Å². The minimum absolute atomic E-state index is 0.205. The number of nitrogens with one attached hydrogen (secondary N) is 1. The topological polar surface area (TPSA) is 24.5 Å². The monoisotopic (exact) mass is 304 g/mol. The molecule has 1 heterocycles. The number of methoxy groups -OCH3 is 1. The molecule has 0 amide bonds. The summed E-state index contributed by atoms with van der Waals surface area (Å²) >= 11 is 0. The van der Waals surface area contributed by atoms with E-state index < -0.39 is 0 Å². The highest BCUT2D eigenvalue weighted by Crippen LogP contribution is 2.45. The third-order valence-corrected chi connectivity index (χ3v) is 4.89. The van der Waals surface area contributed by atoms with E-state index in [9.17, 15) is 0 Å². The maximum absolute atomic E-state index is 5.65. The van der Waals surface area contributed by atoms with Gasteiger partial charge in [-0.3, -0.25) is 0 Å². The number of fused-ring (bicyclic) bond motifs is 1. The molecule has 0 fully saturated rings. The highest BCUT2D eigenvalue weighted by atomic mass is 16.5. The van der Waals surface area contributed by atoms with E-state index in [0.29, 0.717) is 5.92 Å². The third-order valence-electron chi connectivity index (χ3n) is 4.89. The Bertz CT molecular complexity index is 510. The fourth-order valence-corrected chi connectivity index (χ4v) is 3.81. The van der Waals surface area contributed by atoms with Crippen LogP contribution in [0.1, 0.15) is 64.0 Å². The lowest BCUT2D eigenvalue weighted by atomic mass is 9.79. The lowest BCUT2D eigenvalue weighted by Crippen LogP contribution is -2.48. The van der Waals surface area contributed by atoms with E-state index >= 15 is 0 Å². The van der Waals surface area contributed by atoms with E-state index in [-0.39, 0.29) is 5.54 Å². The first-order valence-electron chi connectivity index (χ1n) is 8.57. The Morgan fingerprint density at radius 1 is 1.36 bits per heavy atom. The average molecular weight is 304 g/mol. The fourth-order valence-electron chi connectivity index (χ4n) is 3.81. The number of hydrogen-bond donors (Lipinski definition) is 1. The summed E-state index contributed by atoms with van der Waals surface area (Å²) in [5.74, 6) is 1.59. The van der Waals surface area contributed by atoms with Crippen LogP contribution in [0.3, 0.4) is 0 Å². The lowest BCUT2D eigenvalue weighted by molar-refractivity contribution is 0.369. The van der Waals surface area contributed by atoms with Crippen LogP contribution in [0, 0.1) is 0 Å². The first-order chi connectivity index (χ1) is 10.4. The molecular weight excluding hydrogens is 272 g/mol. The molecule has 0 bridgehead atoms. The second-order valence-corrected chi connectivity index (χ2v) is 7.18. The van der Waals surface area contributed by atoms with Gasteiger partial charge in [-0.1, -0.05) is 20.3 Å². The van der Waals surface area contributed by atoms with Crippen molar-refractivity contribution in [1.82, 2.24) is 5.32 Å². The molecule has 1 aliphatic heterocycles. The van der Waals surface area contributed by atoms with E-state index in [1.54, 1.807) is 7.11 Å². The van der Waals surface area contributed by atoms with Gasteiger partial charge in [0.05, 0.1) is 7.11 Å². The first-order valence-corrected chi connectivity index (χ1v) is 8.57. The van der Waals surface area contributed by atoms with Gasteiger partial charge in [-0.05, 0) is 51.3 Å². The zero-order valence-electron chi connectivity index (χ0n) is 15.1. The number of rotatable bonds is 6. The average Bonchev–Trinajstić information content (AvgIpc) is 2.46. The van der Waals surface area contributed by atoms with Crippen molar-refractivity contribution in [2.45, 2.75) is 65.0 Å². The Labute approximate surface area is 136 Å². The maximum Gasteiger partial charge on any atom is 0.125 e. The Morgan fingerprint density at radius 3 is 2.68 bits per heavy atom. The molecule has 22 heavy (non-hydrogen) atoms. The van der Waals surface area contributed by atoms with Crippen LogP contribution in [0.4, 0.5) is 5.69 Å². The molecular formula is C19H32N2O. The Balaban J connectivity index is 2.50. The number of hydrogen-bond acceptors (Lipinski definition) is 3. The van der Waals surface area contributed by atoms with Crippen LogP contribution in [0.2, 0.25) is 0 Å². The van der Waals surface area contributed by atoms with Gasteiger partial charge in [-0.25, -0.2) is 0 Å². The van der Waals surface area contributed by atoms with Crippen LogP contribution < -0.4 is 15.0 Å². The normalized spacial score (nSPS) is 19.9. The van der Waals surface area contributed by atoms with E-state index in [1.807, 2.05) is 7.05 Å². The van der Waals surface area contributed by atoms with Gasteiger partial charge in [0.25, 0.3) is 0 Å². The lowest BCUT2D eigenvalue weighted by Gasteiger charge is -2.48. The van der Waals surface area contributed by atoms with Crippen LogP contribution in [-0.4, -0.2) is 26.2 Å². The molecule has 0 unspecified atom stereocenters. The predicted molar refractivity (Wildman–Crippen MR) is 95.1 cm³/mol. The van der Waals surface area contributed by atoms with Crippen molar-refractivity contribution < 1.29 is 4.74 Å². The zero-order chi connectivity index (χ0) is 16.3. The van der Waals surface area contributed by atoms with Crippen LogP contribution in [0.15, 0.2) is 12.1 Å². The van der Waals surface area contributed by atoms with Gasteiger partial charge < -0.3 is 15.0 Å². The van der Waals surface area contributed by atoms with Crippen molar-refractivity contribution >= 4 is 5.69 Å². The summed E-state index contributed by atoms with van der Waals surface area (Å²) in [7, 11) is 3.76. The van der Waals surface area contributed by atoms with Gasteiger partial charge in [0, 0.05) is 35.9 Å². The van der Waals surface area contributed by atoms with Gasteiger partial charge in [0.15, 0.2) is 0 Å². The molecule has 0 aromatic heterocycles. The van der Waals surface area contributed by atoms with Crippen molar-refractivity contribution in [2.75, 3.05) is 25.6 Å². The molecule has 1 N–H and O–H groups in total. The number of unbranched alkanes of at least 4 members (excludes halogenated alkanes) is 1. The summed E-state index contributed by atoms with van der Waals surface area (Å²) in [5, 5.41) is 3.25. The van der Waals surface area contributed by atoms with Crippen molar-refractivity contribution in [3.05, 3.63) is 23.3 Å². The van der Waals surface area contributed by atoms with Crippen LogP contribution in [0.5, 0.6) is 5.75 Å². The molecule has 0 saturated carbocycles. The second kappa shape index (κ2) is 6.91. The van der Waals surface area contributed by atoms with Gasteiger partial charge in [-0.2, -0.15) is 0 Å². The molecule has 0 aliphatic carbocycles. The van der Waals surface area contributed by atoms with Crippen LogP contribution >= 0.6 is 0 Å². The van der Waals surface area contributed by atoms with Gasteiger partial charge in [0.2, 0.25) is 0 Å². The molecule has 1 atom stereocenters. The maximum atomic E-state index is 5.65.